The van der Waals surface area contributed by atoms with E-state index in [1.165, 1.54) is 25.7 Å². The molecule has 3 aliphatic rings. The number of carbonyl (C=O) groups excluding carboxylic acids is 1. The Morgan fingerprint density at radius 2 is 1.35 bits per heavy atom. The van der Waals surface area contributed by atoms with Crippen LogP contribution in [0.2, 0.25) is 36.3 Å². The molecule has 0 bridgehead atoms. The second-order valence-corrected chi connectivity index (χ2v) is 26.6. The van der Waals surface area contributed by atoms with Crippen LogP contribution in [0.4, 0.5) is 0 Å². The molecule has 0 spiro atoms. The molecule has 0 aromatic rings. The topological polar surface area (TPSA) is 35.5 Å². The second kappa shape index (κ2) is 10.5. The lowest BCUT2D eigenvalue weighted by molar-refractivity contribution is -0.136. The molecule has 0 amide bonds. The van der Waals surface area contributed by atoms with Crippen molar-refractivity contribution in [1.29, 1.82) is 0 Å². The van der Waals surface area contributed by atoms with E-state index >= 15 is 0 Å². The van der Waals surface area contributed by atoms with Crippen LogP contribution < -0.4 is 0 Å². The third-order valence-corrected chi connectivity index (χ3v) is 21.7. The van der Waals surface area contributed by atoms with Gasteiger partial charge in [-0.25, -0.2) is 0 Å². The van der Waals surface area contributed by atoms with Gasteiger partial charge in [-0.2, -0.15) is 0 Å². The number of hydrogen-bond acceptors (Lipinski definition) is 3. The van der Waals surface area contributed by atoms with Gasteiger partial charge in [0.2, 0.25) is 0 Å². The van der Waals surface area contributed by atoms with Crippen LogP contribution in [0.3, 0.4) is 0 Å². The number of Topliss-reactive ketones (excluding diaryl/α,β-unsaturated/α-hetero) is 1. The van der Waals surface area contributed by atoms with Gasteiger partial charge < -0.3 is 8.85 Å². The molecule has 0 N–H and O–H groups in total. The zero-order chi connectivity index (χ0) is 28.2. The molecule has 0 aromatic heterocycles. The van der Waals surface area contributed by atoms with Gasteiger partial charge in [0.05, 0.1) is 0 Å². The Labute approximate surface area is 232 Å². The molecule has 3 saturated carbocycles. The summed E-state index contributed by atoms with van der Waals surface area (Å²) in [5, 5.41) is 0.440. The van der Waals surface area contributed by atoms with Crippen molar-refractivity contribution in [2.24, 2.45) is 40.4 Å². The van der Waals surface area contributed by atoms with Crippen molar-refractivity contribution in [1.82, 2.24) is 0 Å². The normalized spacial score (nSPS) is 38.1. The minimum absolute atomic E-state index is 0.136. The lowest BCUT2D eigenvalue weighted by Gasteiger charge is -2.57. The highest BCUT2D eigenvalue weighted by molar-refractivity contribution is 6.74. The third kappa shape index (κ3) is 6.05. The Kier molecular flexibility index (Phi) is 8.91. The second-order valence-electron chi connectivity index (χ2n) is 17.0. The predicted molar refractivity (Wildman–Crippen MR) is 163 cm³/mol. The first-order valence-electron chi connectivity index (χ1n) is 15.5. The van der Waals surface area contributed by atoms with Crippen molar-refractivity contribution in [2.75, 3.05) is 13.2 Å². The van der Waals surface area contributed by atoms with Gasteiger partial charge in [0, 0.05) is 25.0 Å². The summed E-state index contributed by atoms with van der Waals surface area (Å²) in [7, 11) is -3.68. The number of fused-ring (bicyclic) bond motifs is 1. The fraction of sp³-hybridized carbons (Fsp3) is 0.969. The van der Waals surface area contributed by atoms with Gasteiger partial charge in [-0.1, -0.05) is 68.7 Å². The Hall–Kier alpha value is 0.0238. The zero-order valence-electron chi connectivity index (χ0n) is 27.0. The van der Waals surface area contributed by atoms with E-state index in [1.807, 2.05) is 0 Å². The fourth-order valence-electron chi connectivity index (χ4n) is 7.54. The van der Waals surface area contributed by atoms with Gasteiger partial charge in [-0.15, -0.1) is 0 Å². The molecule has 3 aliphatic carbocycles. The summed E-state index contributed by atoms with van der Waals surface area (Å²) in [6.07, 6.45) is 7.96. The molecule has 2 unspecified atom stereocenters. The molecule has 0 radical (unpaired) electrons. The van der Waals surface area contributed by atoms with E-state index in [1.54, 1.807) is 0 Å². The monoisotopic (exact) mass is 550 g/mol. The quantitative estimate of drug-likeness (QED) is 0.296. The summed E-state index contributed by atoms with van der Waals surface area (Å²) in [6.45, 7) is 32.8. The number of ketones is 1. The summed E-state index contributed by atoms with van der Waals surface area (Å²) in [4.78, 5) is 13.2. The third-order valence-electron chi connectivity index (χ3n) is 12.7. The lowest BCUT2D eigenvalue weighted by Crippen LogP contribution is -2.54. The first kappa shape index (κ1) is 31.6. The van der Waals surface area contributed by atoms with Crippen molar-refractivity contribution >= 4 is 22.4 Å². The number of hydrogen-bond donors (Lipinski definition) is 0. The van der Waals surface area contributed by atoms with E-state index in [2.05, 4.69) is 88.5 Å². The molecular formula is C32H62O3Si2. The van der Waals surface area contributed by atoms with E-state index in [-0.39, 0.29) is 20.9 Å². The molecule has 7 atom stereocenters. The van der Waals surface area contributed by atoms with Crippen molar-refractivity contribution in [3.63, 3.8) is 0 Å². The molecule has 0 heterocycles. The molecule has 3 nitrogen and oxygen atoms in total. The van der Waals surface area contributed by atoms with Crippen molar-refractivity contribution in [2.45, 2.75) is 144 Å². The Balaban J connectivity index is 1.93. The highest BCUT2D eigenvalue weighted by Gasteiger charge is 2.59. The van der Waals surface area contributed by atoms with Crippen LogP contribution in [-0.2, 0) is 13.6 Å². The van der Waals surface area contributed by atoms with Crippen molar-refractivity contribution in [3.05, 3.63) is 0 Å². The van der Waals surface area contributed by atoms with Gasteiger partial charge in [-0.05, 0) is 103 Å². The van der Waals surface area contributed by atoms with E-state index in [0.29, 0.717) is 29.5 Å². The van der Waals surface area contributed by atoms with Crippen LogP contribution in [0.25, 0.3) is 0 Å². The zero-order valence-corrected chi connectivity index (χ0v) is 29.0. The molecule has 0 saturated heterocycles. The van der Waals surface area contributed by atoms with Crippen LogP contribution in [-0.4, -0.2) is 35.6 Å². The van der Waals surface area contributed by atoms with E-state index in [4.69, 9.17) is 8.85 Å². The van der Waals surface area contributed by atoms with Gasteiger partial charge in [0.1, 0.15) is 5.78 Å². The fourth-order valence-corrected chi connectivity index (χ4v) is 9.63. The Bertz CT molecular complexity index is 823. The first-order chi connectivity index (χ1) is 16.7. The molecule has 0 aromatic carbocycles. The van der Waals surface area contributed by atoms with E-state index < -0.39 is 16.6 Å². The predicted octanol–water partition coefficient (Wildman–Crippen LogP) is 9.48. The highest BCUT2D eigenvalue weighted by atomic mass is 28.4. The van der Waals surface area contributed by atoms with E-state index in [9.17, 15) is 4.79 Å². The summed E-state index contributed by atoms with van der Waals surface area (Å²) in [6, 6.07) is 0. The van der Waals surface area contributed by atoms with Gasteiger partial charge in [0.25, 0.3) is 0 Å². The van der Waals surface area contributed by atoms with Crippen LogP contribution in [0.5, 0.6) is 0 Å². The van der Waals surface area contributed by atoms with Gasteiger partial charge in [-0.3, -0.25) is 4.79 Å². The molecule has 5 heteroatoms. The summed E-state index contributed by atoms with van der Waals surface area (Å²) >= 11 is 0. The Morgan fingerprint density at radius 3 is 1.89 bits per heavy atom. The minimum atomic E-state index is -1.87. The molecule has 216 valence electrons. The molecular weight excluding hydrogens is 489 g/mol. The standard InChI is InChI=1S/C32H62O3Si2/c1-23-16-18-31(8,24(20-23)21-34-36(10,11)29(2,3)4)27-17-19-32(9)26(14-15-28(32)33)25(27)22-35-37(12,13)30(5,6)7/h23-27H,14-22H2,1-13H3/t23-,24+,25-,26?,27?,31-,32-/m0/s1. The van der Waals surface area contributed by atoms with Gasteiger partial charge >= 0.3 is 0 Å². The lowest BCUT2D eigenvalue weighted by atomic mass is 9.49. The van der Waals surface area contributed by atoms with Crippen LogP contribution in [0.1, 0.15) is 107 Å². The average molecular weight is 551 g/mol. The molecule has 3 rings (SSSR count). The van der Waals surface area contributed by atoms with Crippen molar-refractivity contribution < 1.29 is 13.6 Å². The summed E-state index contributed by atoms with van der Waals surface area (Å²) in [5.41, 5.74) is 0.118. The minimum Gasteiger partial charge on any atom is -0.417 e. The summed E-state index contributed by atoms with van der Waals surface area (Å²) in [5.74, 6) is 3.45. The largest absolute Gasteiger partial charge is 0.417 e. The SMILES string of the molecule is C[C@H]1CC[C@](C)(C2CC[C@]3(C)C(=O)CCC3[C@@H]2CO[Si](C)(C)C(C)(C)C)[C@@H](CO[Si](C)(C)C(C)(C)C)C1. The maximum atomic E-state index is 13.2. The smallest absolute Gasteiger partial charge is 0.191 e. The maximum absolute atomic E-state index is 13.2. The highest BCUT2D eigenvalue weighted by Crippen LogP contribution is 2.62. The van der Waals surface area contributed by atoms with Crippen LogP contribution in [0.15, 0.2) is 0 Å². The Morgan fingerprint density at radius 1 is 0.811 bits per heavy atom. The molecule has 3 fully saturated rings. The first-order valence-corrected chi connectivity index (χ1v) is 21.3. The van der Waals surface area contributed by atoms with Crippen LogP contribution in [0, 0.1) is 40.4 Å². The summed E-state index contributed by atoms with van der Waals surface area (Å²) < 4.78 is 14.0. The average Bonchev–Trinajstić information content (AvgIpc) is 3.06. The van der Waals surface area contributed by atoms with E-state index in [0.717, 1.165) is 38.4 Å². The number of carbonyl (C=O) groups is 1. The molecule has 37 heavy (non-hydrogen) atoms. The van der Waals surface area contributed by atoms with Gasteiger partial charge in [0.15, 0.2) is 16.6 Å². The maximum Gasteiger partial charge on any atom is 0.191 e. The van der Waals surface area contributed by atoms with Crippen LogP contribution >= 0.6 is 0 Å². The number of rotatable bonds is 7. The molecule has 0 aliphatic heterocycles. The van der Waals surface area contributed by atoms with Crippen molar-refractivity contribution in [3.8, 4) is 0 Å².